The molecule has 0 bridgehead atoms. The first kappa shape index (κ1) is 13.7. The molecule has 2 rings (SSSR count). The van der Waals surface area contributed by atoms with Gasteiger partial charge in [0.15, 0.2) is 0 Å². The Morgan fingerprint density at radius 2 is 1.94 bits per heavy atom. The molecule has 0 saturated carbocycles. The minimum Gasteiger partial charge on any atom is -0.496 e. The highest BCUT2D eigenvalue weighted by Gasteiger charge is 2.16. The lowest BCUT2D eigenvalue weighted by Gasteiger charge is -2.15. The fourth-order valence-corrected chi connectivity index (χ4v) is 2.65. The van der Waals surface area contributed by atoms with Crippen LogP contribution in [0.4, 0.5) is 0 Å². The summed E-state index contributed by atoms with van der Waals surface area (Å²) in [5.41, 5.74) is 1.86. The van der Waals surface area contributed by atoms with Crippen LogP contribution in [0.15, 0.2) is 46.9 Å². The Hall–Kier alpha value is -0.700. The van der Waals surface area contributed by atoms with Crippen molar-refractivity contribution >= 4 is 39.1 Å². The summed E-state index contributed by atoms with van der Waals surface area (Å²) in [6, 6.07) is 13.3. The number of hydrogen-bond acceptors (Lipinski definition) is 1. The van der Waals surface area contributed by atoms with Gasteiger partial charge in [-0.05, 0) is 35.9 Å². The van der Waals surface area contributed by atoms with Crippen molar-refractivity contribution in [1.29, 1.82) is 0 Å². The van der Waals surface area contributed by atoms with E-state index < -0.39 is 0 Å². The van der Waals surface area contributed by atoms with E-state index in [1.807, 2.05) is 36.4 Å². The van der Waals surface area contributed by atoms with E-state index in [0.29, 0.717) is 5.02 Å². The van der Waals surface area contributed by atoms with Crippen molar-refractivity contribution in [3.05, 3.63) is 63.1 Å². The maximum atomic E-state index is 6.50. The first-order valence-electron chi connectivity index (χ1n) is 5.35. The average Bonchev–Trinajstić information content (AvgIpc) is 2.38. The van der Waals surface area contributed by atoms with Gasteiger partial charge in [-0.25, -0.2) is 0 Å². The van der Waals surface area contributed by atoms with Crippen molar-refractivity contribution in [3.8, 4) is 5.75 Å². The Balaban J connectivity index is 2.44. The number of halogens is 3. The van der Waals surface area contributed by atoms with E-state index in [0.717, 1.165) is 21.3 Å². The molecule has 0 amide bonds. The third-order valence-corrected chi connectivity index (χ3v) is 3.82. The average molecular weight is 346 g/mol. The van der Waals surface area contributed by atoms with Crippen LogP contribution in [0, 0.1) is 0 Å². The van der Waals surface area contributed by atoms with Gasteiger partial charge in [0.25, 0.3) is 0 Å². The molecule has 4 heteroatoms. The normalized spacial score (nSPS) is 12.2. The lowest BCUT2D eigenvalue weighted by atomic mass is 10.0. The number of ether oxygens (including phenoxy) is 1. The van der Waals surface area contributed by atoms with Gasteiger partial charge in [-0.1, -0.05) is 39.7 Å². The summed E-state index contributed by atoms with van der Waals surface area (Å²) in [6.45, 7) is 0. The molecular formula is C14H11BrCl2O. The van der Waals surface area contributed by atoms with Crippen LogP contribution in [0.5, 0.6) is 5.75 Å². The Kier molecular flexibility index (Phi) is 4.55. The van der Waals surface area contributed by atoms with Crippen molar-refractivity contribution in [3.63, 3.8) is 0 Å². The van der Waals surface area contributed by atoms with E-state index in [-0.39, 0.29) is 5.38 Å². The Bertz CT molecular complexity index is 557. The Morgan fingerprint density at radius 3 is 2.61 bits per heavy atom. The van der Waals surface area contributed by atoms with Gasteiger partial charge < -0.3 is 4.74 Å². The van der Waals surface area contributed by atoms with E-state index in [1.165, 1.54) is 0 Å². The summed E-state index contributed by atoms with van der Waals surface area (Å²) in [5, 5.41) is 0.350. The molecule has 2 aromatic rings. The topological polar surface area (TPSA) is 9.23 Å². The van der Waals surface area contributed by atoms with Crippen LogP contribution in [-0.2, 0) is 0 Å². The summed E-state index contributed by atoms with van der Waals surface area (Å²) in [4.78, 5) is 0. The van der Waals surface area contributed by atoms with E-state index >= 15 is 0 Å². The molecule has 0 N–H and O–H groups in total. The highest BCUT2D eigenvalue weighted by atomic mass is 79.9. The van der Waals surface area contributed by atoms with E-state index in [1.54, 1.807) is 13.2 Å². The van der Waals surface area contributed by atoms with Crippen molar-refractivity contribution in [2.75, 3.05) is 7.11 Å². The van der Waals surface area contributed by atoms with Gasteiger partial charge in [0, 0.05) is 15.1 Å². The van der Waals surface area contributed by atoms with Gasteiger partial charge in [-0.15, -0.1) is 11.6 Å². The van der Waals surface area contributed by atoms with Gasteiger partial charge in [0.05, 0.1) is 12.5 Å². The Morgan fingerprint density at radius 1 is 1.17 bits per heavy atom. The van der Waals surface area contributed by atoms with Gasteiger partial charge >= 0.3 is 0 Å². The first-order chi connectivity index (χ1) is 8.61. The van der Waals surface area contributed by atoms with E-state index in [9.17, 15) is 0 Å². The standard InChI is InChI=1S/C14H11BrCl2O/c1-18-13-6-5-11(16)8-12(13)14(17)9-3-2-4-10(15)7-9/h2-8,14H,1H3. The van der Waals surface area contributed by atoms with Gasteiger partial charge in [0.2, 0.25) is 0 Å². The molecular weight excluding hydrogens is 335 g/mol. The van der Waals surface area contributed by atoms with Gasteiger partial charge in [0.1, 0.15) is 5.75 Å². The molecule has 0 aliphatic heterocycles. The maximum absolute atomic E-state index is 6.50. The number of methoxy groups -OCH3 is 1. The molecule has 0 aliphatic rings. The SMILES string of the molecule is COc1ccc(Cl)cc1C(Cl)c1cccc(Br)c1. The summed E-state index contributed by atoms with van der Waals surface area (Å²) in [7, 11) is 1.62. The number of alkyl halides is 1. The largest absolute Gasteiger partial charge is 0.496 e. The van der Waals surface area contributed by atoms with Crippen molar-refractivity contribution in [1.82, 2.24) is 0 Å². The lowest BCUT2D eigenvalue weighted by Crippen LogP contribution is -1.97. The third-order valence-electron chi connectivity index (χ3n) is 2.61. The molecule has 0 radical (unpaired) electrons. The smallest absolute Gasteiger partial charge is 0.123 e. The second-order valence-electron chi connectivity index (χ2n) is 3.80. The minimum absolute atomic E-state index is 0.295. The van der Waals surface area contributed by atoms with Crippen LogP contribution < -0.4 is 4.74 Å². The molecule has 18 heavy (non-hydrogen) atoms. The molecule has 0 spiro atoms. The van der Waals surface area contributed by atoms with Crippen LogP contribution in [0.3, 0.4) is 0 Å². The third kappa shape index (κ3) is 3.00. The molecule has 0 fully saturated rings. The van der Waals surface area contributed by atoms with Gasteiger partial charge in [-0.3, -0.25) is 0 Å². The summed E-state index contributed by atoms with van der Waals surface area (Å²) in [6.07, 6.45) is 0. The summed E-state index contributed by atoms with van der Waals surface area (Å²) in [5.74, 6) is 0.736. The molecule has 0 saturated heterocycles. The summed E-state index contributed by atoms with van der Waals surface area (Å²) < 4.78 is 6.31. The molecule has 2 aromatic carbocycles. The molecule has 0 heterocycles. The first-order valence-corrected chi connectivity index (χ1v) is 6.95. The monoisotopic (exact) mass is 344 g/mol. The lowest BCUT2D eigenvalue weighted by molar-refractivity contribution is 0.410. The predicted molar refractivity (Wildman–Crippen MR) is 79.8 cm³/mol. The second kappa shape index (κ2) is 5.96. The molecule has 0 aromatic heterocycles. The molecule has 1 nitrogen and oxygen atoms in total. The summed E-state index contributed by atoms with van der Waals surface area (Å²) >= 11 is 16.0. The maximum Gasteiger partial charge on any atom is 0.123 e. The van der Waals surface area contributed by atoms with Gasteiger partial charge in [-0.2, -0.15) is 0 Å². The van der Waals surface area contributed by atoms with Crippen molar-refractivity contribution in [2.45, 2.75) is 5.38 Å². The van der Waals surface area contributed by atoms with Crippen molar-refractivity contribution < 1.29 is 4.74 Å². The second-order valence-corrected chi connectivity index (χ2v) is 5.59. The van der Waals surface area contributed by atoms with Crippen LogP contribution in [0.25, 0.3) is 0 Å². The quantitative estimate of drug-likeness (QED) is 0.673. The van der Waals surface area contributed by atoms with Crippen LogP contribution in [0.2, 0.25) is 5.02 Å². The van der Waals surface area contributed by atoms with Crippen molar-refractivity contribution in [2.24, 2.45) is 0 Å². The number of hydrogen-bond donors (Lipinski definition) is 0. The van der Waals surface area contributed by atoms with E-state index in [4.69, 9.17) is 27.9 Å². The van der Waals surface area contributed by atoms with Crippen LogP contribution >= 0.6 is 39.1 Å². The minimum atomic E-state index is -0.295. The van der Waals surface area contributed by atoms with E-state index in [2.05, 4.69) is 15.9 Å². The highest BCUT2D eigenvalue weighted by Crippen LogP contribution is 2.37. The number of rotatable bonds is 3. The zero-order valence-corrected chi connectivity index (χ0v) is 12.8. The molecule has 0 aliphatic carbocycles. The predicted octanol–water partition coefficient (Wildman–Crippen LogP) is 5.44. The van der Waals surface area contributed by atoms with Crippen LogP contribution in [0.1, 0.15) is 16.5 Å². The molecule has 94 valence electrons. The fraction of sp³-hybridized carbons (Fsp3) is 0.143. The zero-order chi connectivity index (χ0) is 13.1. The fourth-order valence-electron chi connectivity index (χ4n) is 1.75. The Labute approximate surface area is 125 Å². The molecule has 1 unspecified atom stereocenters. The number of benzene rings is 2. The zero-order valence-electron chi connectivity index (χ0n) is 9.66. The highest BCUT2D eigenvalue weighted by molar-refractivity contribution is 9.10. The van der Waals surface area contributed by atoms with Crippen LogP contribution in [-0.4, -0.2) is 7.11 Å². The molecule has 1 atom stereocenters.